The van der Waals surface area contributed by atoms with Crippen LogP contribution < -0.4 is 5.73 Å². The van der Waals surface area contributed by atoms with Gasteiger partial charge >= 0.3 is 48.1 Å². The summed E-state index contributed by atoms with van der Waals surface area (Å²) in [4.78, 5) is 0. The fourth-order valence-corrected chi connectivity index (χ4v) is 0.344. The minimum atomic E-state index is 0. The maximum absolute atomic E-state index is 9.68. The number of rotatable bonds is 3. The quantitative estimate of drug-likeness (QED) is 0.440. The summed E-state index contributed by atoms with van der Waals surface area (Å²) < 4.78 is 9.68. The van der Waals surface area contributed by atoms with Crippen molar-refractivity contribution in [3.8, 4) is 6.15 Å². The first-order valence-electron chi connectivity index (χ1n) is 2.50. The predicted octanol–water partition coefficient (Wildman–Crippen LogP) is 0.832. The molecule has 0 aromatic heterocycles. The molecule has 2 nitrogen and oxygen atoms in total. The molecular weight excluding hydrogens is 221 g/mol. The number of hydrogen-bond acceptors (Lipinski definition) is 1. The van der Waals surface area contributed by atoms with E-state index in [-0.39, 0.29) is 33.8 Å². The summed E-state index contributed by atoms with van der Waals surface area (Å²) in [5, 5.41) is 0. The maximum atomic E-state index is 9.68. The molecule has 0 rings (SSSR count). The smallest absolute Gasteiger partial charge is 0 e. The monoisotopic (exact) mass is 237 g/mol. The first kappa shape index (κ1) is 12.0. The minimum absolute atomic E-state index is 0. The Bertz CT molecular complexity index is 126. The van der Waals surface area contributed by atoms with Gasteiger partial charge in [-0.05, 0) is 0 Å². The predicted molar refractivity (Wildman–Crippen MR) is 42.8 cm³/mol. The molecule has 9 heavy (non-hydrogen) atoms. The Labute approximate surface area is 76.6 Å². The molecule has 0 aliphatic heterocycles. The molecule has 3 heteroatoms. The molecule has 0 heterocycles. The van der Waals surface area contributed by atoms with Crippen LogP contribution in [0.25, 0.3) is 0 Å². The third-order valence-electron chi connectivity index (χ3n) is 0.781. The zero-order chi connectivity index (χ0) is 6.41. The van der Waals surface area contributed by atoms with E-state index < -0.39 is 0 Å². The van der Waals surface area contributed by atoms with Gasteiger partial charge in [0.25, 0.3) is 0 Å². The molecule has 0 saturated carbocycles. The molecule has 2 N–H and O–H groups in total. The Kier molecular flexibility index (Phi) is 11.0. The van der Waals surface area contributed by atoms with E-state index in [4.69, 9.17) is 12.3 Å². The van der Waals surface area contributed by atoms with E-state index in [2.05, 4.69) is 0 Å². The van der Waals surface area contributed by atoms with Crippen molar-refractivity contribution in [1.29, 1.82) is 0 Å². The zero-order valence-corrected chi connectivity index (χ0v) is 8.04. The summed E-state index contributed by atoms with van der Waals surface area (Å²) in [7, 11) is 0. The van der Waals surface area contributed by atoms with Crippen molar-refractivity contribution < 1.29 is 8.93 Å². The Balaban J connectivity index is -0.0000000408. The van der Waals surface area contributed by atoms with Crippen molar-refractivity contribution in [2.24, 2.45) is 5.73 Å². The minimum Gasteiger partial charge on any atom is 0 e. The van der Waals surface area contributed by atoms with Gasteiger partial charge < -0.3 is 0 Å². The van der Waals surface area contributed by atoms with Crippen LogP contribution in [0.1, 0.15) is 17.1 Å². The Morgan fingerprint density at radius 1 is 1.78 bits per heavy atom. The van der Waals surface area contributed by atoms with E-state index in [1.807, 2.05) is 0 Å². The number of allylic oxidation sites excluding steroid dienone is 1. The van der Waals surface area contributed by atoms with Crippen LogP contribution >= 0.6 is 0 Å². The molecule has 0 amide bonds. The summed E-state index contributed by atoms with van der Waals surface area (Å²) in [5.41, 5.74) is 5.39. The van der Waals surface area contributed by atoms with Crippen LogP contribution in [0, 0.1) is 12.7 Å². The molecule has 0 atom stereocenters. The summed E-state index contributed by atoms with van der Waals surface area (Å²) >= 11 is 0. The Morgan fingerprint density at radius 2 is 2.33 bits per heavy atom. The molecular formula is C6H15NOSn. The van der Waals surface area contributed by atoms with Gasteiger partial charge in [0.05, 0.1) is 0 Å². The van der Waals surface area contributed by atoms with E-state index in [1.165, 1.54) is 0 Å². The van der Waals surface area contributed by atoms with Crippen LogP contribution in [-0.2, 0) is 4.65 Å². The van der Waals surface area contributed by atoms with Crippen LogP contribution in [0.2, 0.25) is 0 Å². The number of nitrogens with two attached hydrogens (primary N) is 1. The molecule has 0 aromatic carbocycles. The van der Waals surface area contributed by atoms with Gasteiger partial charge in [0, 0.05) is 28.2 Å². The Hall–Kier alpha value is 0.239. The first-order chi connectivity index (χ1) is 3.81. The van der Waals surface area contributed by atoms with E-state index >= 15 is 0 Å². The van der Waals surface area contributed by atoms with Gasteiger partial charge in [0.1, 0.15) is 0 Å². The molecule has 0 saturated heterocycles. The van der Waals surface area contributed by atoms with Gasteiger partial charge in [0.2, 0.25) is 0 Å². The van der Waals surface area contributed by atoms with Crippen molar-refractivity contribution in [2.75, 3.05) is 6.54 Å². The molecule has 0 fully saturated rings. The molecule has 0 aliphatic rings. The SMILES string of the molecule is [CH-]=C(C#[O+])CCCN.[HH].[HH].[HH].[Sn]. The molecule has 4 radical (unpaired) electrons. The van der Waals surface area contributed by atoms with Gasteiger partial charge in [-0.25, -0.2) is 0 Å². The van der Waals surface area contributed by atoms with Crippen LogP contribution in [0.4, 0.5) is 0 Å². The van der Waals surface area contributed by atoms with Crippen molar-refractivity contribution in [3.63, 3.8) is 0 Å². The average molecular weight is 236 g/mol. The van der Waals surface area contributed by atoms with Crippen LogP contribution in [-0.4, -0.2) is 30.5 Å². The van der Waals surface area contributed by atoms with E-state index in [9.17, 15) is 4.65 Å². The van der Waals surface area contributed by atoms with Gasteiger partial charge in [0.15, 0.2) is 0 Å². The second kappa shape index (κ2) is 8.24. The van der Waals surface area contributed by atoms with Crippen LogP contribution in [0.15, 0.2) is 5.57 Å². The normalized spacial score (nSPS) is 7.11. The van der Waals surface area contributed by atoms with Crippen molar-refractivity contribution in [3.05, 3.63) is 12.2 Å². The first-order valence-corrected chi connectivity index (χ1v) is 2.50. The third-order valence-corrected chi connectivity index (χ3v) is 0.781. The molecule has 54 valence electrons. The van der Waals surface area contributed by atoms with Gasteiger partial charge in [-0.1, -0.05) is 0 Å². The third kappa shape index (κ3) is 8.24. The van der Waals surface area contributed by atoms with Crippen LogP contribution in [0.5, 0.6) is 0 Å². The summed E-state index contributed by atoms with van der Waals surface area (Å²) in [5.74, 6) is 0. The zero-order valence-electron chi connectivity index (χ0n) is 5.18. The number of hydrogen-bond donors (Lipinski definition) is 1. The standard InChI is InChI=1S/C6H9NO.Sn.3H2/c1-6(5-8)3-2-4-7;;;;/h1H,2-4,7H2;;3*1H. The van der Waals surface area contributed by atoms with E-state index in [0.29, 0.717) is 13.0 Å². The summed E-state index contributed by atoms with van der Waals surface area (Å²) in [6.07, 6.45) is 2.92. The van der Waals surface area contributed by atoms with Gasteiger partial charge in [-0.15, -0.1) is 0 Å². The van der Waals surface area contributed by atoms with E-state index in [0.717, 1.165) is 6.42 Å². The fraction of sp³-hybridized carbons (Fsp3) is 0.500. The Morgan fingerprint density at radius 3 is 2.67 bits per heavy atom. The van der Waals surface area contributed by atoms with Crippen molar-refractivity contribution in [1.82, 2.24) is 0 Å². The second-order valence-electron chi connectivity index (χ2n) is 1.52. The maximum Gasteiger partial charge on any atom is 0 e. The summed E-state index contributed by atoms with van der Waals surface area (Å²) in [6, 6.07) is 0. The summed E-state index contributed by atoms with van der Waals surface area (Å²) in [6.45, 7) is 5.67. The van der Waals surface area contributed by atoms with Crippen molar-refractivity contribution >= 4 is 23.9 Å². The fourth-order valence-electron chi connectivity index (χ4n) is 0.344. The van der Waals surface area contributed by atoms with Gasteiger partial charge in [-0.2, -0.15) is 0 Å². The largest absolute Gasteiger partial charge is 0 e. The molecule has 0 bridgehead atoms. The second-order valence-corrected chi connectivity index (χ2v) is 1.52. The molecule has 0 aliphatic carbocycles. The molecule has 0 spiro atoms. The molecule has 0 aromatic rings. The average Bonchev–Trinajstić information content (AvgIpc) is 1.83. The van der Waals surface area contributed by atoms with Crippen molar-refractivity contribution in [2.45, 2.75) is 12.8 Å². The topological polar surface area (TPSA) is 45.9 Å². The molecule has 0 unspecified atom stereocenters. The van der Waals surface area contributed by atoms with Crippen LogP contribution in [0.3, 0.4) is 0 Å². The van der Waals surface area contributed by atoms with E-state index in [1.54, 1.807) is 6.15 Å². The van der Waals surface area contributed by atoms with Gasteiger partial charge in [-0.3, -0.25) is 0 Å².